The third kappa shape index (κ3) is 3.67. The van der Waals surface area contributed by atoms with Crippen LogP contribution in [0, 0.1) is 0 Å². The molecule has 3 aromatic carbocycles. The Labute approximate surface area is 139 Å². The van der Waals surface area contributed by atoms with Gasteiger partial charge in [0.1, 0.15) is 5.75 Å². The molecule has 0 saturated heterocycles. The van der Waals surface area contributed by atoms with E-state index in [0.717, 1.165) is 0 Å². The Balaban J connectivity index is 1.79. The van der Waals surface area contributed by atoms with Crippen molar-refractivity contribution in [3.63, 3.8) is 0 Å². The zero-order chi connectivity index (χ0) is 16.8. The summed E-state index contributed by atoms with van der Waals surface area (Å²) in [4.78, 5) is 24.7. The molecule has 0 unspecified atom stereocenters. The molecule has 0 fully saturated rings. The van der Waals surface area contributed by atoms with Gasteiger partial charge in [0.05, 0.1) is 5.69 Å². The smallest absolute Gasteiger partial charge is 0.410 e. The van der Waals surface area contributed by atoms with E-state index >= 15 is 0 Å². The Hall–Kier alpha value is -3.40. The average molecular weight is 317 g/mol. The Kier molecular flexibility index (Phi) is 4.68. The van der Waals surface area contributed by atoms with E-state index in [2.05, 4.69) is 5.32 Å². The quantitative estimate of drug-likeness (QED) is 0.719. The van der Waals surface area contributed by atoms with E-state index in [-0.39, 0.29) is 5.78 Å². The van der Waals surface area contributed by atoms with Crippen LogP contribution in [0.15, 0.2) is 84.9 Å². The number of nitrogens with one attached hydrogen (secondary N) is 1. The average Bonchev–Trinajstić information content (AvgIpc) is 2.63. The third-order valence-electron chi connectivity index (χ3n) is 3.40. The van der Waals surface area contributed by atoms with E-state index in [9.17, 15) is 9.59 Å². The second-order valence-corrected chi connectivity index (χ2v) is 5.07. The van der Waals surface area contributed by atoms with E-state index in [1.165, 1.54) is 0 Å². The summed E-state index contributed by atoms with van der Waals surface area (Å²) >= 11 is 0. The summed E-state index contributed by atoms with van der Waals surface area (Å²) in [6, 6.07) is 24.5. The predicted octanol–water partition coefficient (Wildman–Crippen LogP) is 4.53. The van der Waals surface area contributed by atoms with Crippen LogP contribution in [0.5, 0.6) is 5.75 Å². The summed E-state index contributed by atoms with van der Waals surface area (Å²) in [6.07, 6.45) is -0.644. The van der Waals surface area contributed by atoms with Crippen molar-refractivity contribution in [3.05, 3.63) is 96.1 Å². The number of carbonyl (C=O) groups excluding carboxylic acids is 2. The fourth-order valence-electron chi connectivity index (χ4n) is 2.27. The largest absolute Gasteiger partial charge is 0.417 e. The van der Waals surface area contributed by atoms with Crippen molar-refractivity contribution in [1.29, 1.82) is 0 Å². The number of ketones is 1. The van der Waals surface area contributed by atoms with Gasteiger partial charge in [-0.15, -0.1) is 0 Å². The Bertz CT molecular complexity index is 845. The minimum absolute atomic E-state index is 0.161. The molecule has 4 nitrogen and oxygen atoms in total. The number of hydrogen-bond donors (Lipinski definition) is 1. The van der Waals surface area contributed by atoms with Crippen molar-refractivity contribution in [2.75, 3.05) is 5.32 Å². The summed E-state index contributed by atoms with van der Waals surface area (Å²) in [6.45, 7) is 0. The fourth-order valence-corrected chi connectivity index (χ4v) is 2.27. The SMILES string of the molecule is O=C(Nc1ccccc1C(=O)c1ccccc1)Oc1ccccc1. The molecule has 0 spiro atoms. The monoisotopic (exact) mass is 317 g/mol. The van der Waals surface area contributed by atoms with Crippen LogP contribution in [-0.4, -0.2) is 11.9 Å². The van der Waals surface area contributed by atoms with Crippen LogP contribution in [0.3, 0.4) is 0 Å². The molecule has 0 saturated carbocycles. The van der Waals surface area contributed by atoms with Gasteiger partial charge in [-0.25, -0.2) is 4.79 Å². The summed E-state index contributed by atoms with van der Waals surface area (Å²) in [5.41, 5.74) is 1.38. The zero-order valence-electron chi connectivity index (χ0n) is 12.8. The lowest BCUT2D eigenvalue weighted by molar-refractivity contribution is 0.103. The van der Waals surface area contributed by atoms with Crippen LogP contribution in [0.2, 0.25) is 0 Å². The lowest BCUT2D eigenvalue weighted by atomic mass is 10.0. The van der Waals surface area contributed by atoms with Gasteiger partial charge < -0.3 is 4.74 Å². The van der Waals surface area contributed by atoms with Gasteiger partial charge in [-0.1, -0.05) is 60.7 Å². The minimum atomic E-state index is -0.644. The highest BCUT2D eigenvalue weighted by atomic mass is 16.6. The van der Waals surface area contributed by atoms with Crippen molar-refractivity contribution in [2.45, 2.75) is 0 Å². The fraction of sp³-hybridized carbons (Fsp3) is 0. The summed E-state index contributed by atoms with van der Waals surface area (Å²) < 4.78 is 5.20. The Morgan fingerprint density at radius 1 is 0.708 bits per heavy atom. The van der Waals surface area contributed by atoms with Crippen molar-refractivity contribution in [1.82, 2.24) is 0 Å². The maximum atomic E-state index is 12.6. The minimum Gasteiger partial charge on any atom is -0.410 e. The lowest BCUT2D eigenvalue weighted by Crippen LogP contribution is -2.18. The molecule has 0 aliphatic heterocycles. The number of para-hydroxylation sites is 2. The van der Waals surface area contributed by atoms with Crippen molar-refractivity contribution in [3.8, 4) is 5.75 Å². The molecular weight excluding hydrogens is 302 g/mol. The van der Waals surface area contributed by atoms with Gasteiger partial charge >= 0.3 is 6.09 Å². The highest BCUT2D eigenvalue weighted by Crippen LogP contribution is 2.20. The first-order chi connectivity index (χ1) is 11.7. The molecule has 4 heteroatoms. The highest BCUT2D eigenvalue weighted by molar-refractivity contribution is 6.13. The van der Waals surface area contributed by atoms with Crippen molar-refractivity contribution in [2.24, 2.45) is 0 Å². The normalized spacial score (nSPS) is 10.0. The molecule has 3 rings (SSSR count). The molecule has 0 heterocycles. The summed E-state index contributed by atoms with van der Waals surface area (Å²) in [5, 5.41) is 2.63. The molecule has 118 valence electrons. The van der Waals surface area contributed by atoms with Gasteiger partial charge in [-0.05, 0) is 24.3 Å². The molecule has 0 atom stereocenters. The van der Waals surface area contributed by atoms with Crippen LogP contribution in [-0.2, 0) is 0 Å². The second kappa shape index (κ2) is 7.24. The van der Waals surface area contributed by atoms with Gasteiger partial charge in [-0.2, -0.15) is 0 Å². The molecular formula is C20H15NO3. The van der Waals surface area contributed by atoms with E-state index in [4.69, 9.17) is 4.74 Å². The number of anilines is 1. The molecule has 1 N–H and O–H groups in total. The molecule has 3 aromatic rings. The summed E-state index contributed by atoms with van der Waals surface area (Å²) in [5.74, 6) is 0.271. The van der Waals surface area contributed by atoms with E-state index in [1.807, 2.05) is 12.1 Å². The first kappa shape index (κ1) is 15.5. The van der Waals surface area contributed by atoms with Crippen LogP contribution in [0.25, 0.3) is 0 Å². The zero-order valence-corrected chi connectivity index (χ0v) is 12.8. The van der Waals surface area contributed by atoms with Crippen molar-refractivity contribution >= 4 is 17.6 Å². The molecule has 0 bridgehead atoms. The van der Waals surface area contributed by atoms with Gasteiger partial charge in [0.25, 0.3) is 0 Å². The van der Waals surface area contributed by atoms with Crippen LogP contribution >= 0.6 is 0 Å². The topological polar surface area (TPSA) is 55.4 Å². The second-order valence-electron chi connectivity index (χ2n) is 5.07. The standard InChI is InChI=1S/C20H15NO3/c22-19(15-9-3-1-4-10-15)17-13-7-8-14-18(17)21-20(23)24-16-11-5-2-6-12-16/h1-14H,(H,21,23). The first-order valence-electron chi connectivity index (χ1n) is 7.47. The molecule has 0 radical (unpaired) electrons. The molecule has 0 aromatic heterocycles. The molecule has 0 aliphatic rings. The number of hydrogen-bond acceptors (Lipinski definition) is 3. The van der Waals surface area contributed by atoms with E-state index < -0.39 is 6.09 Å². The molecule has 1 amide bonds. The maximum Gasteiger partial charge on any atom is 0.417 e. The van der Waals surface area contributed by atoms with Crippen LogP contribution in [0.4, 0.5) is 10.5 Å². The van der Waals surface area contributed by atoms with Gasteiger partial charge in [0, 0.05) is 11.1 Å². The van der Waals surface area contributed by atoms with Crippen molar-refractivity contribution < 1.29 is 14.3 Å². The van der Waals surface area contributed by atoms with E-state index in [1.54, 1.807) is 72.8 Å². The predicted molar refractivity (Wildman–Crippen MR) is 92.4 cm³/mol. The number of ether oxygens (including phenoxy) is 1. The number of rotatable bonds is 4. The Morgan fingerprint density at radius 2 is 1.29 bits per heavy atom. The van der Waals surface area contributed by atoms with Gasteiger partial charge in [0.2, 0.25) is 0 Å². The lowest BCUT2D eigenvalue weighted by Gasteiger charge is -2.10. The maximum absolute atomic E-state index is 12.6. The molecule has 0 aliphatic carbocycles. The molecule has 24 heavy (non-hydrogen) atoms. The van der Waals surface area contributed by atoms with E-state index in [0.29, 0.717) is 22.6 Å². The first-order valence-corrected chi connectivity index (χ1v) is 7.47. The number of carbonyl (C=O) groups is 2. The third-order valence-corrected chi connectivity index (χ3v) is 3.40. The van der Waals surface area contributed by atoms with Gasteiger partial charge in [0.15, 0.2) is 5.78 Å². The van der Waals surface area contributed by atoms with Crippen LogP contribution < -0.4 is 10.1 Å². The number of amides is 1. The number of benzene rings is 3. The van der Waals surface area contributed by atoms with Gasteiger partial charge in [-0.3, -0.25) is 10.1 Å². The Morgan fingerprint density at radius 3 is 2.00 bits per heavy atom. The summed E-state index contributed by atoms with van der Waals surface area (Å²) in [7, 11) is 0. The highest BCUT2D eigenvalue weighted by Gasteiger charge is 2.15. The van der Waals surface area contributed by atoms with Crippen LogP contribution in [0.1, 0.15) is 15.9 Å².